The second-order valence-corrected chi connectivity index (χ2v) is 5.28. The topological polar surface area (TPSA) is 18.5 Å². The average molecular weight is 302 g/mol. The van der Waals surface area contributed by atoms with Gasteiger partial charge >= 0.3 is 0 Å². The molecule has 1 aromatic carbocycles. The molecule has 1 aromatic rings. The van der Waals surface area contributed by atoms with E-state index in [1.54, 1.807) is 0 Å². The third-order valence-electron chi connectivity index (χ3n) is 3.01. The van der Waals surface area contributed by atoms with E-state index in [0.29, 0.717) is 12.1 Å². The van der Waals surface area contributed by atoms with Gasteiger partial charge in [-0.1, -0.05) is 22.0 Å². The molecule has 0 saturated carbocycles. The highest BCUT2D eigenvalue weighted by atomic mass is 79.9. The van der Waals surface area contributed by atoms with Crippen LogP contribution >= 0.6 is 15.9 Å². The summed E-state index contributed by atoms with van der Waals surface area (Å²) in [5.41, 5.74) is 3.97. The fourth-order valence-electron chi connectivity index (χ4n) is 1.83. The van der Waals surface area contributed by atoms with Gasteiger partial charge in [0.25, 0.3) is 0 Å². The number of rotatable bonds is 3. The third kappa shape index (κ3) is 3.74. The molecule has 1 heterocycles. The second kappa shape index (κ2) is 5.91. The summed E-state index contributed by atoms with van der Waals surface area (Å²) in [6.45, 7) is 4.61. The van der Waals surface area contributed by atoms with Gasteiger partial charge in [0.15, 0.2) is 0 Å². The number of hydrogen-bond acceptors (Lipinski definition) is 3. The van der Waals surface area contributed by atoms with E-state index >= 15 is 0 Å². The fourth-order valence-corrected chi connectivity index (χ4v) is 2.16. The SMILES string of the molecule is CN1CCN(NCc2ccc(Br)cc2F)CC1. The molecule has 17 heavy (non-hydrogen) atoms. The molecule has 0 radical (unpaired) electrons. The Morgan fingerprint density at radius 1 is 1.29 bits per heavy atom. The zero-order valence-corrected chi connectivity index (χ0v) is 11.5. The van der Waals surface area contributed by atoms with Gasteiger partial charge in [-0.15, -0.1) is 0 Å². The summed E-state index contributed by atoms with van der Waals surface area (Å²) in [5.74, 6) is -0.166. The van der Waals surface area contributed by atoms with Crippen LogP contribution in [0.2, 0.25) is 0 Å². The van der Waals surface area contributed by atoms with Crippen molar-refractivity contribution >= 4 is 15.9 Å². The Kier molecular flexibility index (Phi) is 4.50. The first-order valence-electron chi connectivity index (χ1n) is 5.76. The van der Waals surface area contributed by atoms with Crippen LogP contribution in [0.5, 0.6) is 0 Å². The van der Waals surface area contributed by atoms with E-state index in [9.17, 15) is 4.39 Å². The maximum Gasteiger partial charge on any atom is 0.128 e. The van der Waals surface area contributed by atoms with Crippen molar-refractivity contribution < 1.29 is 4.39 Å². The molecule has 5 heteroatoms. The monoisotopic (exact) mass is 301 g/mol. The molecule has 0 amide bonds. The van der Waals surface area contributed by atoms with Crippen LogP contribution in [0.15, 0.2) is 22.7 Å². The zero-order valence-electron chi connectivity index (χ0n) is 9.92. The first kappa shape index (κ1) is 13.0. The van der Waals surface area contributed by atoms with E-state index in [2.05, 4.69) is 38.3 Å². The van der Waals surface area contributed by atoms with Crippen molar-refractivity contribution in [3.8, 4) is 0 Å². The van der Waals surface area contributed by atoms with Crippen LogP contribution in [-0.2, 0) is 6.54 Å². The van der Waals surface area contributed by atoms with Crippen LogP contribution in [0.3, 0.4) is 0 Å². The van der Waals surface area contributed by atoms with Gasteiger partial charge in [0, 0.05) is 42.8 Å². The number of benzene rings is 1. The average Bonchev–Trinajstić information content (AvgIpc) is 2.30. The first-order chi connectivity index (χ1) is 8.15. The molecule has 94 valence electrons. The van der Waals surface area contributed by atoms with Gasteiger partial charge in [-0.2, -0.15) is 0 Å². The molecule has 1 aliphatic rings. The minimum absolute atomic E-state index is 0.166. The summed E-state index contributed by atoms with van der Waals surface area (Å²) in [7, 11) is 2.12. The molecular weight excluding hydrogens is 285 g/mol. The van der Waals surface area contributed by atoms with Crippen molar-refractivity contribution in [3.63, 3.8) is 0 Å². The summed E-state index contributed by atoms with van der Waals surface area (Å²) in [6.07, 6.45) is 0. The van der Waals surface area contributed by atoms with Crippen molar-refractivity contribution in [1.82, 2.24) is 15.3 Å². The summed E-state index contributed by atoms with van der Waals surface area (Å²) in [5, 5.41) is 2.15. The highest BCUT2D eigenvalue weighted by Crippen LogP contribution is 2.15. The fraction of sp³-hybridized carbons (Fsp3) is 0.500. The lowest BCUT2D eigenvalue weighted by Gasteiger charge is -2.32. The van der Waals surface area contributed by atoms with Gasteiger partial charge in [-0.25, -0.2) is 9.40 Å². The maximum atomic E-state index is 13.6. The third-order valence-corrected chi connectivity index (χ3v) is 3.50. The molecule has 0 bridgehead atoms. The Hall–Kier alpha value is -0.490. The minimum atomic E-state index is -0.166. The number of hydrazine groups is 1. The Morgan fingerprint density at radius 3 is 2.65 bits per heavy atom. The van der Waals surface area contributed by atoms with Gasteiger partial charge in [-0.05, 0) is 19.2 Å². The quantitative estimate of drug-likeness (QED) is 0.919. The summed E-state index contributed by atoms with van der Waals surface area (Å²) >= 11 is 3.25. The van der Waals surface area contributed by atoms with E-state index in [1.807, 2.05) is 12.1 Å². The Balaban J connectivity index is 1.85. The number of likely N-dealkylation sites (N-methyl/N-ethyl adjacent to an activating group) is 1. The summed E-state index contributed by atoms with van der Waals surface area (Å²) in [4.78, 5) is 2.29. The van der Waals surface area contributed by atoms with Gasteiger partial charge in [0.1, 0.15) is 5.82 Å². The van der Waals surface area contributed by atoms with Gasteiger partial charge in [0.2, 0.25) is 0 Å². The molecule has 1 saturated heterocycles. The molecule has 0 atom stereocenters. The summed E-state index contributed by atoms with van der Waals surface area (Å²) < 4.78 is 14.3. The largest absolute Gasteiger partial charge is 0.304 e. The Bertz CT molecular complexity index is 378. The summed E-state index contributed by atoms with van der Waals surface area (Å²) in [6, 6.07) is 5.17. The van der Waals surface area contributed by atoms with E-state index in [-0.39, 0.29) is 5.82 Å². The second-order valence-electron chi connectivity index (χ2n) is 4.36. The molecule has 1 fully saturated rings. The van der Waals surface area contributed by atoms with E-state index in [0.717, 1.165) is 30.7 Å². The van der Waals surface area contributed by atoms with E-state index in [4.69, 9.17) is 0 Å². The molecule has 1 aliphatic heterocycles. The Morgan fingerprint density at radius 2 is 2.00 bits per heavy atom. The minimum Gasteiger partial charge on any atom is -0.304 e. The highest BCUT2D eigenvalue weighted by Gasteiger charge is 2.13. The van der Waals surface area contributed by atoms with Crippen LogP contribution in [-0.4, -0.2) is 43.1 Å². The molecule has 1 N–H and O–H groups in total. The zero-order chi connectivity index (χ0) is 12.3. The van der Waals surface area contributed by atoms with Crippen molar-refractivity contribution in [1.29, 1.82) is 0 Å². The van der Waals surface area contributed by atoms with Gasteiger partial charge < -0.3 is 4.90 Å². The number of piperazine rings is 1. The van der Waals surface area contributed by atoms with Crippen LogP contribution in [0.1, 0.15) is 5.56 Å². The van der Waals surface area contributed by atoms with Crippen LogP contribution in [0.4, 0.5) is 4.39 Å². The first-order valence-corrected chi connectivity index (χ1v) is 6.55. The predicted octanol–water partition coefficient (Wildman–Crippen LogP) is 1.84. The standard InChI is InChI=1S/C12H17BrFN3/c1-16-4-6-17(7-5-16)15-9-10-2-3-11(13)8-12(10)14/h2-3,8,15H,4-7,9H2,1H3. The van der Waals surface area contributed by atoms with Crippen LogP contribution < -0.4 is 5.43 Å². The normalized spacial score (nSPS) is 18.5. The molecular formula is C12H17BrFN3. The van der Waals surface area contributed by atoms with Crippen LogP contribution in [0.25, 0.3) is 0 Å². The number of hydrogen-bond donors (Lipinski definition) is 1. The van der Waals surface area contributed by atoms with Gasteiger partial charge in [-0.3, -0.25) is 5.43 Å². The van der Waals surface area contributed by atoms with E-state index < -0.39 is 0 Å². The van der Waals surface area contributed by atoms with Crippen molar-refractivity contribution in [2.45, 2.75) is 6.54 Å². The number of halogens is 2. The lowest BCUT2D eigenvalue weighted by atomic mass is 10.2. The van der Waals surface area contributed by atoms with Crippen molar-refractivity contribution in [2.24, 2.45) is 0 Å². The van der Waals surface area contributed by atoms with Crippen LogP contribution in [0, 0.1) is 5.82 Å². The smallest absolute Gasteiger partial charge is 0.128 e. The molecule has 0 aliphatic carbocycles. The van der Waals surface area contributed by atoms with Crippen molar-refractivity contribution in [3.05, 3.63) is 34.1 Å². The Labute approximate surface area is 110 Å². The maximum absolute atomic E-state index is 13.6. The molecule has 0 unspecified atom stereocenters. The molecule has 0 aromatic heterocycles. The van der Waals surface area contributed by atoms with Crippen molar-refractivity contribution in [2.75, 3.05) is 33.2 Å². The number of nitrogens with one attached hydrogen (secondary N) is 1. The predicted molar refractivity (Wildman–Crippen MR) is 70.0 cm³/mol. The molecule has 0 spiro atoms. The molecule has 3 nitrogen and oxygen atoms in total. The lowest BCUT2D eigenvalue weighted by Crippen LogP contribution is -2.50. The van der Waals surface area contributed by atoms with Gasteiger partial charge in [0.05, 0.1) is 0 Å². The molecule has 2 rings (SSSR count). The van der Waals surface area contributed by atoms with E-state index in [1.165, 1.54) is 6.07 Å². The number of nitrogens with zero attached hydrogens (tertiary/aromatic N) is 2. The highest BCUT2D eigenvalue weighted by molar-refractivity contribution is 9.10. The lowest BCUT2D eigenvalue weighted by molar-refractivity contribution is 0.102.